The summed E-state index contributed by atoms with van der Waals surface area (Å²) < 4.78 is 4.88. The first-order chi connectivity index (χ1) is 10.1. The Morgan fingerprint density at radius 1 is 1.29 bits per heavy atom. The number of amides is 1. The lowest BCUT2D eigenvalue weighted by Gasteiger charge is -2.13. The zero-order chi connectivity index (χ0) is 15.7. The van der Waals surface area contributed by atoms with Crippen LogP contribution in [0.2, 0.25) is 0 Å². The molecular weight excluding hydrogens is 288 g/mol. The normalized spacial score (nSPS) is 10.7. The fourth-order valence-electron chi connectivity index (χ4n) is 2.12. The topological polar surface area (TPSA) is 68.3 Å². The first kappa shape index (κ1) is 17.6. The molecule has 0 saturated carbocycles. The monoisotopic (exact) mass is 312 g/mol. The second kappa shape index (κ2) is 9.50. The Labute approximate surface area is 130 Å². The van der Waals surface area contributed by atoms with E-state index in [0.717, 1.165) is 25.7 Å². The van der Waals surface area contributed by atoms with Crippen molar-refractivity contribution < 1.29 is 14.3 Å². The lowest BCUT2D eigenvalue weighted by Crippen LogP contribution is -2.22. The molecule has 0 saturated heterocycles. The summed E-state index contributed by atoms with van der Waals surface area (Å²) in [6, 6.07) is 0. The molecule has 0 unspecified atom stereocenters. The number of rotatable bonds is 9. The summed E-state index contributed by atoms with van der Waals surface area (Å²) in [6.07, 6.45) is 3.91. The number of carbonyl (C=O) groups excluding carboxylic acids is 2. The Hall–Kier alpha value is -1.43. The molecule has 0 aliphatic heterocycles. The number of anilines is 1. The molecule has 0 aliphatic carbocycles. The Kier molecular flexibility index (Phi) is 7.97. The van der Waals surface area contributed by atoms with Crippen LogP contribution < -0.4 is 5.32 Å². The van der Waals surface area contributed by atoms with Crippen LogP contribution in [-0.2, 0) is 20.7 Å². The molecule has 1 heterocycles. The minimum atomic E-state index is -0.296. The molecule has 6 heteroatoms. The van der Waals surface area contributed by atoms with E-state index in [2.05, 4.69) is 24.1 Å². The first-order valence-electron chi connectivity index (χ1n) is 7.51. The molecule has 5 nitrogen and oxygen atoms in total. The molecule has 21 heavy (non-hydrogen) atoms. The fourth-order valence-corrected chi connectivity index (χ4v) is 2.83. The summed E-state index contributed by atoms with van der Waals surface area (Å²) >= 11 is 1.34. The van der Waals surface area contributed by atoms with Crippen LogP contribution >= 0.6 is 11.3 Å². The van der Waals surface area contributed by atoms with Crippen molar-refractivity contribution in [2.75, 3.05) is 11.9 Å². The van der Waals surface area contributed by atoms with Crippen molar-refractivity contribution in [2.45, 2.75) is 52.9 Å². The average molecular weight is 312 g/mol. The SMILES string of the molecule is CCCC(CCC)C(=O)Nc1nc(CC(=O)OCC)cs1. The predicted molar refractivity (Wildman–Crippen MR) is 84.4 cm³/mol. The van der Waals surface area contributed by atoms with E-state index in [4.69, 9.17) is 4.74 Å². The van der Waals surface area contributed by atoms with E-state index < -0.39 is 0 Å². The number of esters is 1. The molecule has 1 amide bonds. The molecule has 0 aromatic carbocycles. The molecule has 1 aromatic heterocycles. The van der Waals surface area contributed by atoms with Crippen molar-refractivity contribution in [1.29, 1.82) is 0 Å². The van der Waals surface area contributed by atoms with E-state index in [0.29, 0.717) is 17.4 Å². The Morgan fingerprint density at radius 3 is 2.52 bits per heavy atom. The lowest BCUT2D eigenvalue weighted by atomic mass is 9.97. The third kappa shape index (κ3) is 6.25. The Morgan fingerprint density at radius 2 is 1.95 bits per heavy atom. The van der Waals surface area contributed by atoms with Crippen LogP contribution in [0.25, 0.3) is 0 Å². The quantitative estimate of drug-likeness (QED) is 0.710. The van der Waals surface area contributed by atoms with Crippen molar-refractivity contribution in [3.63, 3.8) is 0 Å². The van der Waals surface area contributed by atoms with Crippen molar-refractivity contribution in [3.05, 3.63) is 11.1 Å². The summed E-state index contributed by atoms with van der Waals surface area (Å²) in [5.41, 5.74) is 0.635. The van der Waals surface area contributed by atoms with Gasteiger partial charge in [-0.2, -0.15) is 0 Å². The van der Waals surface area contributed by atoms with Gasteiger partial charge in [-0.05, 0) is 19.8 Å². The van der Waals surface area contributed by atoms with Gasteiger partial charge in [-0.15, -0.1) is 11.3 Å². The van der Waals surface area contributed by atoms with E-state index in [1.165, 1.54) is 11.3 Å². The van der Waals surface area contributed by atoms with Gasteiger partial charge in [-0.25, -0.2) is 4.98 Å². The van der Waals surface area contributed by atoms with E-state index >= 15 is 0 Å². The highest BCUT2D eigenvalue weighted by molar-refractivity contribution is 7.13. The molecule has 0 bridgehead atoms. The molecule has 1 rings (SSSR count). The summed E-state index contributed by atoms with van der Waals surface area (Å²) in [6.45, 7) is 6.29. The van der Waals surface area contributed by atoms with Gasteiger partial charge in [0.05, 0.1) is 18.7 Å². The maximum absolute atomic E-state index is 12.2. The number of thiazole rings is 1. The van der Waals surface area contributed by atoms with Crippen LogP contribution in [0.5, 0.6) is 0 Å². The second-order valence-electron chi connectivity index (χ2n) is 4.89. The third-order valence-corrected chi connectivity index (χ3v) is 3.86. The van der Waals surface area contributed by atoms with Crippen LogP contribution in [0.15, 0.2) is 5.38 Å². The first-order valence-corrected chi connectivity index (χ1v) is 8.39. The van der Waals surface area contributed by atoms with Gasteiger partial charge in [0.15, 0.2) is 5.13 Å². The standard InChI is InChI=1S/C15H24N2O3S/c1-4-7-11(8-5-2)14(19)17-15-16-12(10-21-15)9-13(18)20-6-3/h10-11H,4-9H2,1-3H3,(H,16,17,19). The van der Waals surface area contributed by atoms with Crippen molar-refractivity contribution in [1.82, 2.24) is 4.98 Å². The van der Waals surface area contributed by atoms with Gasteiger partial charge in [0.25, 0.3) is 0 Å². The van der Waals surface area contributed by atoms with E-state index in [9.17, 15) is 9.59 Å². The summed E-state index contributed by atoms with van der Waals surface area (Å²) in [5, 5.41) is 5.18. The molecule has 0 fully saturated rings. The van der Waals surface area contributed by atoms with Crippen LogP contribution in [0, 0.1) is 5.92 Å². The Bertz CT molecular complexity index is 454. The van der Waals surface area contributed by atoms with Gasteiger partial charge in [-0.3, -0.25) is 9.59 Å². The van der Waals surface area contributed by atoms with Crippen LogP contribution in [0.3, 0.4) is 0 Å². The highest BCUT2D eigenvalue weighted by Gasteiger charge is 2.18. The van der Waals surface area contributed by atoms with Gasteiger partial charge < -0.3 is 10.1 Å². The van der Waals surface area contributed by atoms with Gasteiger partial charge >= 0.3 is 5.97 Å². The zero-order valence-corrected chi connectivity index (χ0v) is 13.8. The molecule has 1 aromatic rings. The Balaban J connectivity index is 2.56. The molecule has 0 aliphatic rings. The summed E-state index contributed by atoms with van der Waals surface area (Å²) in [5.74, 6) is -0.233. The van der Waals surface area contributed by atoms with Crippen molar-refractivity contribution in [2.24, 2.45) is 5.92 Å². The van der Waals surface area contributed by atoms with Crippen molar-refractivity contribution >= 4 is 28.3 Å². The number of ether oxygens (including phenoxy) is 1. The number of aromatic nitrogens is 1. The van der Waals surface area contributed by atoms with Crippen LogP contribution in [0.4, 0.5) is 5.13 Å². The third-order valence-electron chi connectivity index (χ3n) is 3.06. The maximum atomic E-state index is 12.2. The van der Waals surface area contributed by atoms with Crippen molar-refractivity contribution in [3.8, 4) is 0 Å². The van der Waals surface area contributed by atoms with Gasteiger partial charge in [0.1, 0.15) is 0 Å². The molecule has 0 radical (unpaired) electrons. The van der Waals surface area contributed by atoms with E-state index in [1.54, 1.807) is 12.3 Å². The number of carbonyl (C=O) groups is 2. The highest BCUT2D eigenvalue weighted by Crippen LogP contribution is 2.20. The van der Waals surface area contributed by atoms with Gasteiger partial charge in [0, 0.05) is 11.3 Å². The largest absolute Gasteiger partial charge is 0.466 e. The predicted octanol–water partition coefficient (Wildman–Crippen LogP) is 3.40. The van der Waals surface area contributed by atoms with E-state index in [-0.39, 0.29) is 24.2 Å². The minimum absolute atomic E-state index is 0.0238. The number of hydrogen-bond acceptors (Lipinski definition) is 5. The van der Waals surface area contributed by atoms with Gasteiger partial charge in [-0.1, -0.05) is 26.7 Å². The molecular formula is C15H24N2O3S. The average Bonchev–Trinajstić information content (AvgIpc) is 2.85. The lowest BCUT2D eigenvalue weighted by molar-refractivity contribution is -0.142. The van der Waals surface area contributed by atoms with E-state index in [1.807, 2.05) is 0 Å². The maximum Gasteiger partial charge on any atom is 0.311 e. The number of nitrogens with one attached hydrogen (secondary N) is 1. The highest BCUT2D eigenvalue weighted by atomic mass is 32.1. The number of nitrogens with zero attached hydrogens (tertiary/aromatic N) is 1. The smallest absolute Gasteiger partial charge is 0.311 e. The molecule has 0 atom stereocenters. The summed E-state index contributed by atoms with van der Waals surface area (Å²) in [7, 11) is 0. The molecule has 0 spiro atoms. The second-order valence-corrected chi connectivity index (χ2v) is 5.75. The molecule has 118 valence electrons. The van der Waals surface area contributed by atoms with Gasteiger partial charge in [0.2, 0.25) is 5.91 Å². The molecule has 1 N–H and O–H groups in total. The van der Waals surface area contributed by atoms with Crippen LogP contribution in [0.1, 0.15) is 52.1 Å². The summed E-state index contributed by atoms with van der Waals surface area (Å²) in [4.78, 5) is 27.8. The minimum Gasteiger partial charge on any atom is -0.466 e. The zero-order valence-electron chi connectivity index (χ0n) is 13.0. The van der Waals surface area contributed by atoms with Crippen LogP contribution in [-0.4, -0.2) is 23.5 Å². The fraction of sp³-hybridized carbons (Fsp3) is 0.667. The number of hydrogen-bond donors (Lipinski definition) is 1.